The number of benzene rings is 2. The molecule has 2 aromatic carbocycles. The Labute approximate surface area is 166 Å². The molecule has 0 bridgehead atoms. The van der Waals surface area contributed by atoms with Crippen molar-refractivity contribution in [3.63, 3.8) is 0 Å². The van der Waals surface area contributed by atoms with Gasteiger partial charge in [0.05, 0.1) is 27.5 Å². The van der Waals surface area contributed by atoms with Crippen LogP contribution in [0.1, 0.15) is 11.3 Å². The Kier molecular flexibility index (Phi) is 5.94. The highest BCUT2D eigenvalue weighted by Crippen LogP contribution is 2.37. The Bertz CT molecular complexity index is 1050. The van der Waals surface area contributed by atoms with Crippen LogP contribution in [0.25, 0.3) is 11.5 Å². The van der Waals surface area contributed by atoms with Gasteiger partial charge in [0.2, 0.25) is 17.3 Å². The minimum Gasteiger partial charge on any atom is -0.493 e. The molecule has 0 spiro atoms. The van der Waals surface area contributed by atoms with E-state index in [0.29, 0.717) is 28.4 Å². The van der Waals surface area contributed by atoms with Crippen LogP contribution in [0.3, 0.4) is 0 Å². The third kappa shape index (κ3) is 4.27. The number of hydrogen-bond acceptors (Lipinski definition) is 8. The lowest BCUT2D eigenvalue weighted by Gasteiger charge is -2.12. The van der Waals surface area contributed by atoms with Gasteiger partial charge in [-0.15, -0.1) is 0 Å². The number of hydrogen-bond donors (Lipinski definition) is 1. The molecule has 1 heterocycles. The number of aromatic nitrogens is 1. The van der Waals surface area contributed by atoms with Gasteiger partial charge in [0.25, 0.3) is 5.88 Å². The third-order valence-electron chi connectivity index (χ3n) is 3.89. The van der Waals surface area contributed by atoms with Gasteiger partial charge in [0, 0.05) is 11.1 Å². The Hall–Kier alpha value is -4.06. The molecule has 0 fully saturated rings. The molecule has 0 saturated carbocycles. The van der Waals surface area contributed by atoms with Crippen molar-refractivity contribution in [2.45, 2.75) is 0 Å². The van der Waals surface area contributed by atoms with Crippen molar-refractivity contribution in [3.8, 4) is 34.8 Å². The monoisotopic (exact) mass is 396 g/mol. The highest BCUT2D eigenvalue weighted by Gasteiger charge is 2.15. The Morgan fingerprint density at radius 2 is 1.76 bits per heavy atom. The normalized spacial score (nSPS) is 10.6. The highest BCUT2D eigenvalue weighted by atomic mass is 19.1. The summed E-state index contributed by atoms with van der Waals surface area (Å²) < 4.78 is 34.5. The molecule has 0 radical (unpaired) electrons. The lowest BCUT2D eigenvalue weighted by atomic mass is 10.2. The van der Waals surface area contributed by atoms with E-state index < -0.39 is 0 Å². The van der Waals surface area contributed by atoms with Crippen LogP contribution in [0, 0.1) is 17.1 Å². The number of ether oxygens (including phenoxy) is 3. The van der Waals surface area contributed by atoms with Crippen LogP contribution in [0.15, 0.2) is 45.9 Å². The molecular weight excluding hydrogens is 379 g/mol. The smallest absolute Gasteiger partial charge is 0.252 e. The van der Waals surface area contributed by atoms with Gasteiger partial charge >= 0.3 is 0 Å². The quantitative estimate of drug-likeness (QED) is 0.478. The lowest BCUT2D eigenvalue weighted by Crippen LogP contribution is -1.97. The second-order valence-corrected chi connectivity index (χ2v) is 5.64. The number of hydrazone groups is 1. The van der Waals surface area contributed by atoms with E-state index in [9.17, 15) is 9.65 Å². The first-order valence-electron chi connectivity index (χ1n) is 8.35. The number of anilines is 1. The fourth-order valence-electron chi connectivity index (χ4n) is 2.53. The summed E-state index contributed by atoms with van der Waals surface area (Å²) in [5.41, 5.74) is 3.86. The van der Waals surface area contributed by atoms with E-state index >= 15 is 0 Å². The van der Waals surface area contributed by atoms with Gasteiger partial charge in [0.15, 0.2) is 11.5 Å². The molecule has 0 aliphatic heterocycles. The fourth-order valence-corrected chi connectivity index (χ4v) is 2.53. The van der Waals surface area contributed by atoms with E-state index in [1.165, 1.54) is 51.8 Å². The molecular formula is C20H17FN4O4. The Morgan fingerprint density at radius 1 is 1.10 bits per heavy atom. The molecule has 148 valence electrons. The number of oxazole rings is 1. The average Bonchev–Trinajstić information content (AvgIpc) is 3.16. The van der Waals surface area contributed by atoms with E-state index in [-0.39, 0.29) is 23.3 Å². The van der Waals surface area contributed by atoms with Gasteiger partial charge in [-0.1, -0.05) is 0 Å². The van der Waals surface area contributed by atoms with Crippen molar-refractivity contribution in [1.82, 2.24) is 4.98 Å². The van der Waals surface area contributed by atoms with Crippen molar-refractivity contribution < 1.29 is 23.0 Å². The van der Waals surface area contributed by atoms with Crippen LogP contribution in [-0.4, -0.2) is 32.5 Å². The van der Waals surface area contributed by atoms with Crippen LogP contribution in [0.4, 0.5) is 10.3 Å². The lowest BCUT2D eigenvalue weighted by molar-refractivity contribution is 0.324. The number of methoxy groups -OCH3 is 3. The average molecular weight is 396 g/mol. The second-order valence-electron chi connectivity index (χ2n) is 5.64. The van der Waals surface area contributed by atoms with Crippen molar-refractivity contribution in [1.29, 1.82) is 5.26 Å². The molecule has 3 aromatic rings. The molecule has 29 heavy (non-hydrogen) atoms. The molecule has 3 rings (SSSR count). The molecule has 8 nitrogen and oxygen atoms in total. The predicted molar refractivity (Wildman–Crippen MR) is 104 cm³/mol. The minimum atomic E-state index is -0.380. The van der Waals surface area contributed by atoms with Crippen LogP contribution in [0.2, 0.25) is 0 Å². The molecule has 0 amide bonds. The van der Waals surface area contributed by atoms with Crippen molar-refractivity contribution in [2.75, 3.05) is 26.8 Å². The summed E-state index contributed by atoms with van der Waals surface area (Å²) in [5, 5.41) is 13.3. The first-order valence-corrected chi connectivity index (χ1v) is 8.35. The summed E-state index contributed by atoms with van der Waals surface area (Å²) in [7, 11) is 4.55. The first-order chi connectivity index (χ1) is 14.1. The zero-order valence-electron chi connectivity index (χ0n) is 15.9. The summed E-state index contributed by atoms with van der Waals surface area (Å²) in [6.45, 7) is 0. The molecule has 1 aromatic heterocycles. The summed E-state index contributed by atoms with van der Waals surface area (Å²) in [5.74, 6) is 1.27. The molecule has 0 saturated heterocycles. The van der Waals surface area contributed by atoms with E-state index in [0.717, 1.165) is 0 Å². The topological polar surface area (TPSA) is 102 Å². The molecule has 1 N–H and O–H groups in total. The van der Waals surface area contributed by atoms with Gasteiger partial charge in [-0.05, 0) is 36.4 Å². The zero-order valence-corrected chi connectivity index (χ0v) is 15.9. The SMILES string of the molecule is COc1cc(C=NNc2oc(-c3ccc(F)cc3)nc2C#N)cc(OC)c1OC. The van der Waals surface area contributed by atoms with Gasteiger partial charge in [-0.3, -0.25) is 0 Å². The van der Waals surface area contributed by atoms with Crippen LogP contribution < -0.4 is 19.6 Å². The van der Waals surface area contributed by atoms with Crippen molar-refractivity contribution in [3.05, 3.63) is 53.5 Å². The Balaban J connectivity index is 1.83. The number of nitriles is 1. The molecule has 9 heteroatoms. The maximum Gasteiger partial charge on any atom is 0.252 e. The third-order valence-corrected chi connectivity index (χ3v) is 3.89. The van der Waals surface area contributed by atoms with E-state index in [1.807, 2.05) is 6.07 Å². The number of nitrogens with zero attached hydrogens (tertiary/aromatic N) is 3. The van der Waals surface area contributed by atoms with Crippen molar-refractivity contribution in [2.24, 2.45) is 5.10 Å². The summed E-state index contributed by atoms with van der Waals surface area (Å²) in [6, 6.07) is 10.9. The number of rotatable bonds is 7. The molecule has 0 aliphatic rings. The standard InChI is InChI=1S/C20H17FN4O4/c1-26-16-8-12(9-17(27-2)18(16)28-3)11-23-25-20-15(10-22)24-19(29-20)13-4-6-14(21)7-5-13/h4-9,11,25H,1-3H3. The minimum absolute atomic E-state index is 0.0198. The molecule has 0 unspecified atom stereocenters. The molecule has 0 atom stereocenters. The first kappa shape index (κ1) is 19.7. The second kappa shape index (κ2) is 8.75. The summed E-state index contributed by atoms with van der Waals surface area (Å²) >= 11 is 0. The van der Waals surface area contributed by atoms with Gasteiger partial charge in [-0.25, -0.2) is 9.82 Å². The maximum absolute atomic E-state index is 13.1. The van der Waals surface area contributed by atoms with Gasteiger partial charge in [-0.2, -0.15) is 15.3 Å². The van der Waals surface area contributed by atoms with Gasteiger partial charge in [0.1, 0.15) is 11.9 Å². The maximum atomic E-state index is 13.1. The highest BCUT2D eigenvalue weighted by molar-refractivity contribution is 5.83. The van der Waals surface area contributed by atoms with Crippen LogP contribution in [0.5, 0.6) is 17.2 Å². The van der Waals surface area contributed by atoms with Gasteiger partial charge < -0.3 is 18.6 Å². The molecule has 0 aliphatic carbocycles. The summed E-state index contributed by atoms with van der Waals surface area (Å²) in [6.07, 6.45) is 1.49. The predicted octanol–water partition coefficient (Wildman–Crippen LogP) is 3.82. The summed E-state index contributed by atoms with van der Waals surface area (Å²) in [4.78, 5) is 4.09. The Morgan fingerprint density at radius 3 is 2.31 bits per heavy atom. The van der Waals surface area contributed by atoms with Crippen molar-refractivity contribution >= 4 is 12.1 Å². The van der Waals surface area contributed by atoms with E-state index in [2.05, 4.69) is 15.5 Å². The number of nitrogens with one attached hydrogen (secondary N) is 1. The number of halogens is 1. The van der Waals surface area contributed by atoms with Crippen LogP contribution >= 0.6 is 0 Å². The van der Waals surface area contributed by atoms with E-state index in [4.69, 9.17) is 18.6 Å². The van der Waals surface area contributed by atoms with E-state index in [1.54, 1.807) is 12.1 Å². The fraction of sp³-hybridized carbons (Fsp3) is 0.150. The largest absolute Gasteiger partial charge is 0.493 e. The van der Waals surface area contributed by atoms with Crippen LogP contribution in [-0.2, 0) is 0 Å². The zero-order chi connectivity index (χ0) is 20.8.